The number of carbonyl (C=O) groups is 6. The molecule has 9 N–H and O–H groups in total. The van der Waals surface area contributed by atoms with Crippen LogP contribution in [-0.4, -0.2) is 80.6 Å². The van der Waals surface area contributed by atoms with Crippen molar-refractivity contribution in [3.8, 4) is 0 Å². The molecule has 0 aliphatic carbocycles. The van der Waals surface area contributed by atoms with E-state index < -0.39 is 41.8 Å². The number of hydrogen-bond donors (Lipinski definition) is 7. The number of primary amides is 1. The van der Waals surface area contributed by atoms with Crippen LogP contribution in [0, 0.1) is 17.8 Å². The lowest BCUT2D eigenvalue weighted by Crippen LogP contribution is -2.54. The van der Waals surface area contributed by atoms with Crippen LogP contribution in [0.4, 0.5) is 10.5 Å². The lowest BCUT2D eigenvalue weighted by Gasteiger charge is -2.25. The molecule has 2 atom stereocenters. The maximum Gasteiger partial charge on any atom is 0.312 e. The molecule has 1 aromatic rings. The molecule has 0 saturated carbocycles. The quantitative estimate of drug-likeness (QED) is 0.0696. The number of esters is 1. The van der Waals surface area contributed by atoms with Gasteiger partial charge in [0.1, 0.15) is 18.7 Å². The van der Waals surface area contributed by atoms with E-state index in [1.54, 1.807) is 39.8 Å². The highest BCUT2D eigenvalue weighted by molar-refractivity contribution is 6.01. The van der Waals surface area contributed by atoms with Crippen LogP contribution >= 0.6 is 0 Å². The number of carbonyl (C=O) groups excluding carboxylic acids is 6. The second-order valence-corrected chi connectivity index (χ2v) is 12.5. The first kappa shape index (κ1) is 41.8. The smallest absolute Gasteiger partial charge is 0.312 e. The molecule has 0 bridgehead atoms. The molecule has 6 amide bonds. The van der Waals surface area contributed by atoms with Crippen molar-refractivity contribution in [3.05, 3.63) is 29.3 Å². The average molecular weight is 678 g/mol. The zero-order chi connectivity index (χ0) is 36.2. The van der Waals surface area contributed by atoms with Gasteiger partial charge in [-0.1, -0.05) is 47.6 Å². The first-order chi connectivity index (χ1) is 22.7. The number of rotatable bonds is 22. The third-order valence-electron chi connectivity index (χ3n) is 7.07. The van der Waals surface area contributed by atoms with Crippen molar-refractivity contribution in [2.24, 2.45) is 29.2 Å². The molecule has 0 aliphatic rings. The third-order valence-corrected chi connectivity index (χ3v) is 7.07. The van der Waals surface area contributed by atoms with Crippen molar-refractivity contribution in [1.82, 2.24) is 21.3 Å². The highest BCUT2D eigenvalue weighted by Crippen LogP contribution is 2.19. The van der Waals surface area contributed by atoms with Gasteiger partial charge in [-0.2, -0.15) is 0 Å². The first-order valence-electron chi connectivity index (χ1n) is 16.5. The molecule has 1 aromatic carbocycles. The van der Waals surface area contributed by atoms with E-state index in [0.29, 0.717) is 24.5 Å². The monoisotopic (exact) mass is 677 g/mol. The first-order valence-corrected chi connectivity index (χ1v) is 16.5. The van der Waals surface area contributed by atoms with Gasteiger partial charge in [0.05, 0.1) is 12.5 Å². The lowest BCUT2D eigenvalue weighted by molar-refractivity contribution is -0.148. The molecule has 48 heavy (non-hydrogen) atoms. The molecular weight excluding hydrogens is 622 g/mol. The molecule has 15 nitrogen and oxygen atoms in total. The summed E-state index contributed by atoms with van der Waals surface area (Å²) < 4.78 is 10.8. The number of amides is 6. The summed E-state index contributed by atoms with van der Waals surface area (Å²) in [6.45, 7) is 12.2. The van der Waals surface area contributed by atoms with E-state index in [9.17, 15) is 28.8 Å². The Morgan fingerprint density at radius 2 is 1.56 bits per heavy atom. The zero-order valence-electron chi connectivity index (χ0n) is 29.1. The summed E-state index contributed by atoms with van der Waals surface area (Å²) >= 11 is 0. The number of urea groups is 1. The fraction of sp³-hybridized carbons (Fsp3) is 0.636. The summed E-state index contributed by atoms with van der Waals surface area (Å²) in [7, 11) is 0. The van der Waals surface area contributed by atoms with Gasteiger partial charge in [0.15, 0.2) is 0 Å². The molecule has 15 heteroatoms. The van der Waals surface area contributed by atoms with E-state index in [4.69, 9.17) is 20.9 Å². The molecule has 0 fully saturated rings. The van der Waals surface area contributed by atoms with Crippen LogP contribution in [-0.2, 0) is 35.3 Å². The largest absolute Gasteiger partial charge is 0.461 e. The van der Waals surface area contributed by atoms with Crippen LogP contribution in [0.1, 0.15) is 83.1 Å². The summed E-state index contributed by atoms with van der Waals surface area (Å²) in [5.74, 6) is -2.61. The number of ether oxygens (including phenoxy) is 2. The van der Waals surface area contributed by atoms with Crippen molar-refractivity contribution in [2.45, 2.75) is 85.9 Å². The number of benzene rings is 1. The molecule has 0 aromatic heterocycles. The predicted octanol–water partition coefficient (Wildman–Crippen LogP) is 1.54. The summed E-state index contributed by atoms with van der Waals surface area (Å²) in [5.41, 5.74) is 11.5. The van der Waals surface area contributed by atoms with E-state index >= 15 is 0 Å². The number of nitrogens with one attached hydrogen (secondary N) is 5. The highest BCUT2D eigenvalue weighted by atomic mass is 16.5. The van der Waals surface area contributed by atoms with Crippen LogP contribution in [0.25, 0.3) is 0 Å². The second kappa shape index (κ2) is 22.4. The Morgan fingerprint density at radius 1 is 0.854 bits per heavy atom. The van der Waals surface area contributed by atoms with Gasteiger partial charge < -0.3 is 47.5 Å². The molecule has 0 radical (unpaired) electrons. The second-order valence-electron chi connectivity index (χ2n) is 12.5. The van der Waals surface area contributed by atoms with E-state index in [2.05, 4.69) is 40.4 Å². The van der Waals surface area contributed by atoms with Crippen LogP contribution in [0.3, 0.4) is 0 Å². The van der Waals surface area contributed by atoms with Gasteiger partial charge in [-0.05, 0) is 43.2 Å². The topological polar surface area (TPSA) is 233 Å². The summed E-state index contributed by atoms with van der Waals surface area (Å²) in [4.78, 5) is 75.7. The highest BCUT2D eigenvalue weighted by Gasteiger charge is 2.29. The minimum Gasteiger partial charge on any atom is -0.461 e. The SMILES string of the molecule is CC(C)CCOCCC(=O)N[C@H](C(=O)N[C@@H](CCCNC(N)=O)C(=O)Nc1ccc(COC(=O)C(C)C)c(C(=O)NCCN)c1)C(C)C. The maximum atomic E-state index is 13.5. The van der Waals surface area contributed by atoms with Crippen molar-refractivity contribution >= 4 is 41.3 Å². The van der Waals surface area contributed by atoms with Gasteiger partial charge in [0.25, 0.3) is 5.91 Å². The average Bonchev–Trinajstić information content (AvgIpc) is 3.02. The molecule has 0 spiro atoms. The summed E-state index contributed by atoms with van der Waals surface area (Å²) in [6.07, 6.45) is 1.36. The standard InChI is InChI=1S/C33H55N7O8/c1-20(2)11-16-47-17-12-27(41)40-28(21(3)4)31(44)39-26(8-7-14-37-33(35)46)30(43)38-24-10-9-23(19-48-32(45)22(5)6)25(18-24)29(42)36-15-13-34/h9-10,18,20-22,26,28H,7-8,11-17,19,34H2,1-6H3,(H,36,42)(H,38,43)(H,39,44)(H,40,41)(H3,35,37,46)/t26-,28-/m0/s1. The van der Waals surface area contributed by atoms with Crippen LogP contribution in [0.5, 0.6) is 0 Å². The Morgan fingerprint density at radius 3 is 2.17 bits per heavy atom. The molecule has 0 unspecified atom stereocenters. The van der Waals surface area contributed by atoms with E-state index in [0.717, 1.165) is 6.42 Å². The van der Waals surface area contributed by atoms with Crippen molar-refractivity contribution in [3.63, 3.8) is 0 Å². The van der Waals surface area contributed by atoms with Gasteiger partial charge >= 0.3 is 12.0 Å². The van der Waals surface area contributed by atoms with E-state index in [1.807, 2.05) is 0 Å². The zero-order valence-corrected chi connectivity index (χ0v) is 29.1. The minimum atomic E-state index is -1.08. The Bertz CT molecular complexity index is 1220. The van der Waals surface area contributed by atoms with E-state index in [-0.39, 0.29) is 74.7 Å². The number of anilines is 1. The van der Waals surface area contributed by atoms with Gasteiger partial charge in [0.2, 0.25) is 17.7 Å². The Hall–Kier alpha value is -4.24. The lowest BCUT2D eigenvalue weighted by atomic mass is 10.0. The minimum absolute atomic E-state index is 0.0746. The van der Waals surface area contributed by atoms with Crippen molar-refractivity contribution in [1.29, 1.82) is 0 Å². The van der Waals surface area contributed by atoms with Crippen LogP contribution in [0.2, 0.25) is 0 Å². The number of nitrogens with two attached hydrogens (primary N) is 2. The van der Waals surface area contributed by atoms with Crippen LogP contribution in [0.15, 0.2) is 18.2 Å². The Kier molecular flexibility index (Phi) is 19.5. The van der Waals surface area contributed by atoms with E-state index in [1.165, 1.54) is 6.07 Å². The Balaban J connectivity index is 3.13. The molecule has 0 saturated heterocycles. The fourth-order valence-electron chi connectivity index (χ4n) is 4.23. The summed E-state index contributed by atoms with van der Waals surface area (Å²) in [6, 6.07) is 1.81. The molecule has 270 valence electrons. The predicted molar refractivity (Wildman–Crippen MR) is 182 cm³/mol. The maximum absolute atomic E-state index is 13.5. The van der Waals surface area contributed by atoms with Crippen molar-refractivity contribution < 1.29 is 38.2 Å². The molecule has 0 heterocycles. The van der Waals surface area contributed by atoms with Crippen molar-refractivity contribution in [2.75, 3.05) is 38.2 Å². The van der Waals surface area contributed by atoms with Gasteiger partial charge in [0, 0.05) is 49.5 Å². The van der Waals surface area contributed by atoms with Gasteiger partial charge in [-0.3, -0.25) is 24.0 Å². The fourth-order valence-corrected chi connectivity index (χ4v) is 4.23. The van der Waals surface area contributed by atoms with Gasteiger partial charge in [-0.15, -0.1) is 0 Å². The molecular formula is C33H55N7O8. The number of hydrogen-bond acceptors (Lipinski definition) is 9. The molecule has 0 aliphatic heterocycles. The Labute approximate surface area is 283 Å². The summed E-state index contributed by atoms with van der Waals surface area (Å²) in [5, 5.41) is 13.3. The normalized spacial score (nSPS) is 12.3. The molecule has 1 rings (SSSR count). The van der Waals surface area contributed by atoms with Crippen LogP contribution < -0.4 is 38.1 Å². The van der Waals surface area contributed by atoms with Gasteiger partial charge in [-0.25, -0.2) is 4.79 Å². The third kappa shape index (κ3) is 16.5.